The van der Waals surface area contributed by atoms with Crippen molar-refractivity contribution in [2.45, 2.75) is 64.8 Å². The van der Waals surface area contributed by atoms with Gasteiger partial charge in [0.25, 0.3) is 0 Å². The Morgan fingerprint density at radius 3 is 2.69 bits per heavy atom. The van der Waals surface area contributed by atoms with E-state index in [4.69, 9.17) is 19.2 Å². The molecule has 1 atom stereocenters. The summed E-state index contributed by atoms with van der Waals surface area (Å²) in [6.45, 7) is 9.94. The van der Waals surface area contributed by atoms with E-state index in [0.29, 0.717) is 29.2 Å². The fraction of sp³-hybridized carbons (Fsp3) is 0.400. The highest BCUT2D eigenvalue weighted by atomic mass is 28.3. The summed E-state index contributed by atoms with van der Waals surface area (Å²) in [6.07, 6.45) is 8.29. The second-order valence-corrected chi connectivity index (χ2v) is 17.5. The zero-order valence-electron chi connectivity index (χ0n) is 24.2. The van der Waals surface area contributed by atoms with Crippen LogP contribution in [0.25, 0.3) is 33.3 Å². The van der Waals surface area contributed by atoms with Crippen molar-refractivity contribution in [3.05, 3.63) is 60.3 Å². The lowest BCUT2D eigenvalue weighted by atomic mass is 10.2. The molecule has 9 nitrogen and oxygen atoms in total. The summed E-state index contributed by atoms with van der Waals surface area (Å²) in [5.41, 5.74) is 2.90. The number of ether oxygens (including phenoxy) is 3. The second-order valence-electron chi connectivity index (χ2n) is 11.8. The van der Waals surface area contributed by atoms with Crippen molar-refractivity contribution in [1.82, 2.24) is 29.3 Å². The first-order chi connectivity index (χ1) is 20.2. The molecule has 0 amide bonds. The molecule has 12 heteroatoms. The van der Waals surface area contributed by atoms with Gasteiger partial charge in [-0.15, -0.1) is 0 Å². The zero-order chi connectivity index (χ0) is 29.4. The summed E-state index contributed by atoms with van der Waals surface area (Å²) in [7, 11) is -1.28. The highest BCUT2D eigenvalue weighted by Crippen LogP contribution is 2.35. The molecule has 0 spiro atoms. The van der Waals surface area contributed by atoms with Gasteiger partial charge in [-0.1, -0.05) is 19.6 Å². The van der Waals surface area contributed by atoms with Crippen molar-refractivity contribution < 1.29 is 23.0 Å². The molecular weight excluding hydrogens is 558 g/mol. The average Bonchev–Trinajstić information content (AvgIpc) is 3.58. The molecule has 1 saturated heterocycles. The molecule has 42 heavy (non-hydrogen) atoms. The van der Waals surface area contributed by atoms with Gasteiger partial charge in [0.05, 0.1) is 34.6 Å². The molecule has 1 fully saturated rings. The number of rotatable bonds is 9. The minimum Gasteiger partial charge on any atom is -0.451 e. The molecule has 1 aliphatic rings. The van der Waals surface area contributed by atoms with E-state index in [1.54, 1.807) is 42.1 Å². The fourth-order valence-corrected chi connectivity index (χ4v) is 5.73. The molecule has 1 unspecified atom stereocenters. The zero-order valence-corrected chi connectivity index (χ0v) is 25.2. The minimum absolute atomic E-state index is 0.0835. The molecule has 0 aliphatic carbocycles. The lowest BCUT2D eigenvalue weighted by Gasteiger charge is -2.22. The van der Waals surface area contributed by atoms with Crippen molar-refractivity contribution >= 4 is 30.1 Å². The Hall–Kier alpha value is -3.74. The summed E-state index contributed by atoms with van der Waals surface area (Å²) in [5.74, 6) is -1.44. The highest BCUT2D eigenvalue weighted by molar-refractivity contribution is 6.76. The van der Waals surface area contributed by atoms with Crippen LogP contribution in [-0.2, 0) is 16.2 Å². The maximum absolute atomic E-state index is 15.8. The van der Waals surface area contributed by atoms with Crippen LogP contribution in [0.4, 0.5) is 8.78 Å². The van der Waals surface area contributed by atoms with Gasteiger partial charge >= 0.3 is 0 Å². The number of hydrogen-bond donors (Lipinski definition) is 0. The van der Waals surface area contributed by atoms with Crippen LogP contribution >= 0.6 is 0 Å². The first-order valence-corrected chi connectivity index (χ1v) is 17.9. The molecule has 0 N–H and O–H groups in total. The number of imidazole rings is 1. The lowest BCUT2D eigenvalue weighted by molar-refractivity contribution is -0.0394. The number of aryl methyl sites for hydroxylation is 1. The molecule has 6 rings (SSSR count). The van der Waals surface area contributed by atoms with Crippen LogP contribution in [-0.4, -0.2) is 50.6 Å². The van der Waals surface area contributed by atoms with Crippen LogP contribution in [0.15, 0.2) is 42.9 Å². The SMILES string of the molecule is Cc1nc2cc(F)c(Oc3ccc4ncc(-c5cnn(C6CCCCO6)c5)nc4c3)c(F)c2n1COCC[Si](C)(C)C. The van der Waals surface area contributed by atoms with E-state index >= 15 is 8.78 Å². The van der Waals surface area contributed by atoms with Crippen LogP contribution in [0.2, 0.25) is 25.7 Å². The Bertz CT molecular complexity index is 1740. The third kappa shape index (κ3) is 5.92. The Kier molecular flexibility index (Phi) is 7.77. The molecule has 4 heterocycles. The summed E-state index contributed by atoms with van der Waals surface area (Å²) < 4.78 is 51.8. The molecule has 5 aromatic rings. The number of fused-ring (bicyclic) bond motifs is 2. The van der Waals surface area contributed by atoms with Gasteiger partial charge in [0.1, 0.15) is 30.0 Å². The predicted molar refractivity (Wildman–Crippen MR) is 158 cm³/mol. The molecule has 3 aromatic heterocycles. The Morgan fingerprint density at radius 1 is 1.05 bits per heavy atom. The van der Waals surface area contributed by atoms with E-state index in [9.17, 15) is 0 Å². The van der Waals surface area contributed by atoms with Gasteiger partial charge in [0.15, 0.2) is 11.6 Å². The number of hydrogen-bond acceptors (Lipinski definition) is 7. The maximum atomic E-state index is 15.8. The smallest absolute Gasteiger partial charge is 0.200 e. The molecule has 0 saturated carbocycles. The monoisotopic (exact) mass is 592 g/mol. The summed E-state index contributed by atoms with van der Waals surface area (Å²) >= 11 is 0. The van der Waals surface area contributed by atoms with E-state index < -0.39 is 25.5 Å². The van der Waals surface area contributed by atoms with E-state index in [-0.39, 0.29) is 29.7 Å². The number of halogens is 2. The van der Waals surface area contributed by atoms with Gasteiger partial charge in [0.2, 0.25) is 5.75 Å². The van der Waals surface area contributed by atoms with Crippen molar-refractivity contribution in [2.24, 2.45) is 0 Å². The van der Waals surface area contributed by atoms with Gasteiger partial charge in [-0.25, -0.2) is 23.4 Å². The third-order valence-corrected chi connectivity index (χ3v) is 9.08. The normalized spacial score (nSPS) is 16.0. The standard InChI is InChI=1S/C30H34F2N6O3Si/c1-19-35-25-14-22(31)30(28(32)29(25)37(19)18-39-11-12-42(2,3)4)41-21-8-9-23-24(13-21)36-26(16-33-23)20-15-34-38(17-20)27-7-5-6-10-40-27/h8-9,13-17,27H,5-7,10-12,18H2,1-4H3. The second kappa shape index (κ2) is 11.5. The Labute approximate surface area is 243 Å². The molecule has 2 aromatic carbocycles. The van der Waals surface area contributed by atoms with Gasteiger partial charge in [-0.2, -0.15) is 5.10 Å². The largest absolute Gasteiger partial charge is 0.451 e. The van der Waals surface area contributed by atoms with Crippen LogP contribution < -0.4 is 4.74 Å². The Morgan fingerprint density at radius 2 is 1.90 bits per heavy atom. The number of benzene rings is 2. The third-order valence-electron chi connectivity index (χ3n) is 7.37. The number of aromatic nitrogens is 6. The van der Waals surface area contributed by atoms with Crippen molar-refractivity contribution in [3.8, 4) is 22.8 Å². The van der Waals surface area contributed by atoms with Crippen LogP contribution in [0.3, 0.4) is 0 Å². The Balaban J connectivity index is 1.26. The van der Waals surface area contributed by atoms with Gasteiger partial charge in [-0.05, 0) is 44.4 Å². The van der Waals surface area contributed by atoms with E-state index in [0.717, 1.165) is 37.5 Å². The van der Waals surface area contributed by atoms with Gasteiger partial charge in [-0.3, -0.25) is 4.98 Å². The van der Waals surface area contributed by atoms with E-state index in [1.165, 1.54) is 6.07 Å². The summed E-state index contributed by atoms with van der Waals surface area (Å²) in [4.78, 5) is 13.6. The minimum atomic E-state index is -1.28. The van der Waals surface area contributed by atoms with E-state index in [2.05, 4.69) is 34.7 Å². The first-order valence-electron chi connectivity index (χ1n) is 14.2. The van der Waals surface area contributed by atoms with E-state index in [1.807, 2.05) is 10.9 Å². The molecule has 1 aliphatic heterocycles. The highest BCUT2D eigenvalue weighted by Gasteiger charge is 2.23. The van der Waals surface area contributed by atoms with Crippen molar-refractivity contribution in [3.63, 3.8) is 0 Å². The lowest BCUT2D eigenvalue weighted by Crippen LogP contribution is -2.22. The van der Waals surface area contributed by atoms with Crippen LogP contribution in [0.1, 0.15) is 31.3 Å². The molecule has 0 radical (unpaired) electrons. The maximum Gasteiger partial charge on any atom is 0.200 e. The van der Waals surface area contributed by atoms with Crippen molar-refractivity contribution in [2.75, 3.05) is 13.2 Å². The van der Waals surface area contributed by atoms with Crippen LogP contribution in [0, 0.1) is 18.6 Å². The summed E-state index contributed by atoms with van der Waals surface area (Å²) in [5, 5.41) is 4.46. The quantitative estimate of drug-likeness (QED) is 0.132. The molecule has 0 bridgehead atoms. The number of nitrogens with zero attached hydrogens (tertiary/aromatic N) is 6. The van der Waals surface area contributed by atoms with Crippen molar-refractivity contribution in [1.29, 1.82) is 0 Å². The van der Waals surface area contributed by atoms with Crippen LogP contribution in [0.5, 0.6) is 11.5 Å². The first kappa shape index (κ1) is 28.4. The summed E-state index contributed by atoms with van der Waals surface area (Å²) in [6, 6.07) is 7.10. The molecular formula is C30H34F2N6O3Si. The fourth-order valence-electron chi connectivity index (χ4n) is 4.97. The average molecular weight is 593 g/mol. The topological polar surface area (TPSA) is 89.1 Å². The van der Waals surface area contributed by atoms with Gasteiger partial charge in [0, 0.05) is 45.2 Å². The van der Waals surface area contributed by atoms with Gasteiger partial charge < -0.3 is 18.8 Å². The molecule has 220 valence electrons. The predicted octanol–water partition coefficient (Wildman–Crippen LogP) is 7.23.